The summed E-state index contributed by atoms with van der Waals surface area (Å²) in [5, 5.41) is 34.3. The van der Waals surface area contributed by atoms with Crippen molar-refractivity contribution < 1.29 is 29.2 Å². The maximum atomic E-state index is 11.4. The minimum absolute atomic E-state index is 0.183. The number of hydrogen-bond acceptors (Lipinski definition) is 8. The van der Waals surface area contributed by atoms with Crippen LogP contribution in [-0.2, 0) is 24.5 Å². The molecular formula is C34H33N3O6. The minimum atomic E-state index is -1.13. The van der Waals surface area contributed by atoms with Crippen molar-refractivity contribution in [2.24, 2.45) is 0 Å². The quantitative estimate of drug-likeness (QED) is 0.182. The Labute approximate surface area is 250 Å². The van der Waals surface area contributed by atoms with Gasteiger partial charge in [0.1, 0.15) is 31.6 Å². The second-order valence-corrected chi connectivity index (χ2v) is 10.2. The average Bonchev–Trinajstić information content (AvgIpc) is 3.04. The molecule has 1 aliphatic rings. The molecule has 1 atom stereocenters. The fourth-order valence-corrected chi connectivity index (χ4v) is 4.90. The predicted molar refractivity (Wildman–Crippen MR) is 162 cm³/mol. The highest BCUT2D eigenvalue weighted by Gasteiger charge is 2.17. The molecule has 4 aromatic carbocycles. The van der Waals surface area contributed by atoms with Crippen molar-refractivity contribution in [1.29, 1.82) is 5.26 Å². The van der Waals surface area contributed by atoms with Crippen LogP contribution in [0.1, 0.15) is 27.8 Å². The third-order valence-electron chi connectivity index (χ3n) is 7.32. The molecule has 220 valence electrons. The van der Waals surface area contributed by atoms with Crippen LogP contribution in [0.5, 0.6) is 17.2 Å². The molecule has 1 heterocycles. The van der Waals surface area contributed by atoms with Gasteiger partial charge in [0.25, 0.3) is 0 Å². The van der Waals surface area contributed by atoms with E-state index in [2.05, 4.69) is 35.8 Å². The van der Waals surface area contributed by atoms with Crippen LogP contribution >= 0.6 is 0 Å². The summed E-state index contributed by atoms with van der Waals surface area (Å²) in [6.07, 6.45) is 0. The number of rotatable bonds is 12. The van der Waals surface area contributed by atoms with E-state index < -0.39 is 18.6 Å². The maximum absolute atomic E-state index is 11.4. The number of hydrogen-bond donors (Lipinski definition) is 4. The molecule has 5 rings (SSSR count). The van der Waals surface area contributed by atoms with E-state index in [-0.39, 0.29) is 13.2 Å². The highest BCUT2D eigenvalue weighted by molar-refractivity contribution is 5.73. The van der Waals surface area contributed by atoms with Gasteiger partial charge in [0.15, 0.2) is 11.5 Å². The van der Waals surface area contributed by atoms with Crippen LogP contribution in [0.25, 0.3) is 11.1 Å². The summed E-state index contributed by atoms with van der Waals surface area (Å²) < 4.78 is 17.6. The largest absolute Gasteiger partial charge is 0.488 e. The van der Waals surface area contributed by atoms with Crippen molar-refractivity contribution in [3.8, 4) is 34.4 Å². The first kappa shape index (κ1) is 29.5. The topological polar surface area (TPSA) is 133 Å². The third kappa shape index (κ3) is 7.25. The van der Waals surface area contributed by atoms with Crippen molar-refractivity contribution in [2.45, 2.75) is 32.7 Å². The zero-order valence-corrected chi connectivity index (χ0v) is 23.8. The molecule has 0 aliphatic carbocycles. The summed E-state index contributed by atoms with van der Waals surface area (Å²) in [5.41, 5.74) is 7.37. The molecular weight excluding hydrogens is 546 g/mol. The van der Waals surface area contributed by atoms with Crippen molar-refractivity contribution in [3.05, 3.63) is 107 Å². The number of carboxylic acids is 1. The molecule has 0 saturated heterocycles. The van der Waals surface area contributed by atoms with Crippen molar-refractivity contribution in [2.75, 3.05) is 25.1 Å². The average molecular weight is 580 g/mol. The Balaban J connectivity index is 1.34. The molecule has 1 aliphatic heterocycles. The van der Waals surface area contributed by atoms with Crippen LogP contribution in [0.2, 0.25) is 0 Å². The van der Waals surface area contributed by atoms with E-state index in [0.717, 1.165) is 50.6 Å². The van der Waals surface area contributed by atoms with Crippen molar-refractivity contribution >= 4 is 11.7 Å². The Kier molecular flexibility index (Phi) is 9.42. The van der Waals surface area contributed by atoms with Gasteiger partial charge < -0.3 is 29.7 Å². The number of ether oxygens (including phenoxy) is 3. The lowest BCUT2D eigenvalue weighted by Gasteiger charge is -2.20. The predicted octanol–water partition coefficient (Wildman–Crippen LogP) is 5.03. The number of aliphatic hydroxyl groups is 1. The molecule has 0 amide bonds. The number of nitrogens with one attached hydrogen (secondary N) is 2. The van der Waals surface area contributed by atoms with Crippen LogP contribution in [0.3, 0.4) is 0 Å². The fraction of sp³-hybridized carbons (Fsp3) is 0.235. The van der Waals surface area contributed by atoms with Gasteiger partial charge in [-0.05, 0) is 65.1 Å². The minimum Gasteiger partial charge on any atom is -0.488 e. The summed E-state index contributed by atoms with van der Waals surface area (Å²) in [7, 11) is 0. The zero-order chi connectivity index (χ0) is 30.2. The van der Waals surface area contributed by atoms with Crippen LogP contribution in [0, 0.1) is 18.3 Å². The zero-order valence-electron chi connectivity index (χ0n) is 23.8. The Morgan fingerprint density at radius 3 is 2.58 bits per heavy atom. The number of aliphatic hydroxyl groups excluding tert-OH is 1. The second-order valence-electron chi connectivity index (χ2n) is 10.2. The standard InChI is InChI=1S/C34H33N3O6/c1-22-26(6-3-7-29(22)25-9-11-31-33(15-25)42-13-12-41-31)18-36-28-10-8-27(19-37-30(20-38)34(39)40)32(16-28)43-21-24-5-2-4-23(14-24)17-35/h2-11,14-16,30,36-38H,12-13,18-21H2,1H3,(H,39,40)/t30-/m1/s1. The summed E-state index contributed by atoms with van der Waals surface area (Å²) in [5.74, 6) is 0.936. The summed E-state index contributed by atoms with van der Waals surface area (Å²) in [6.45, 7) is 3.63. The number of anilines is 1. The number of nitrogens with zero attached hydrogens (tertiary/aromatic N) is 1. The van der Waals surface area contributed by atoms with Crippen LogP contribution in [0.15, 0.2) is 78.9 Å². The molecule has 0 unspecified atom stereocenters. The molecule has 0 bridgehead atoms. The van der Waals surface area contributed by atoms with E-state index in [0.29, 0.717) is 31.1 Å². The first-order chi connectivity index (χ1) is 20.9. The van der Waals surface area contributed by atoms with Crippen LogP contribution in [0.4, 0.5) is 5.69 Å². The number of carboxylic acid groups (broad SMARTS) is 1. The molecule has 9 nitrogen and oxygen atoms in total. The van der Waals surface area contributed by atoms with Gasteiger partial charge in [-0.3, -0.25) is 10.1 Å². The van der Waals surface area contributed by atoms with E-state index in [1.807, 2.05) is 48.5 Å². The summed E-state index contributed by atoms with van der Waals surface area (Å²) in [6, 6.07) is 26.1. The SMILES string of the molecule is Cc1c(CNc2ccc(CN[C@H](CO)C(=O)O)c(OCc3cccc(C#N)c3)c2)cccc1-c1ccc2c(c1)OCCO2. The van der Waals surface area contributed by atoms with E-state index in [4.69, 9.17) is 14.2 Å². The molecule has 9 heteroatoms. The monoisotopic (exact) mass is 579 g/mol. The van der Waals surface area contributed by atoms with Gasteiger partial charge in [0, 0.05) is 30.4 Å². The first-order valence-corrected chi connectivity index (χ1v) is 14.0. The van der Waals surface area contributed by atoms with E-state index >= 15 is 0 Å². The van der Waals surface area contributed by atoms with Crippen LogP contribution in [-0.4, -0.2) is 42.0 Å². The summed E-state index contributed by atoms with van der Waals surface area (Å²) in [4.78, 5) is 11.4. The fourth-order valence-electron chi connectivity index (χ4n) is 4.90. The first-order valence-electron chi connectivity index (χ1n) is 14.0. The Morgan fingerprint density at radius 1 is 0.977 bits per heavy atom. The van der Waals surface area contributed by atoms with Gasteiger partial charge in [-0.1, -0.05) is 42.5 Å². The number of carbonyl (C=O) groups is 1. The van der Waals surface area contributed by atoms with E-state index in [1.165, 1.54) is 0 Å². The lowest BCUT2D eigenvalue weighted by atomic mass is 9.96. The smallest absolute Gasteiger partial charge is 0.323 e. The normalized spacial score (nSPS) is 12.7. The number of benzene rings is 4. The van der Waals surface area contributed by atoms with Gasteiger partial charge in [0.2, 0.25) is 0 Å². The Bertz CT molecular complexity index is 1650. The van der Waals surface area contributed by atoms with Gasteiger partial charge in [-0.2, -0.15) is 5.26 Å². The van der Waals surface area contributed by atoms with Gasteiger partial charge in [-0.25, -0.2) is 0 Å². The highest BCUT2D eigenvalue weighted by Crippen LogP contribution is 2.36. The molecule has 0 fully saturated rings. The molecule has 0 spiro atoms. The van der Waals surface area contributed by atoms with E-state index in [1.54, 1.807) is 18.2 Å². The molecule has 4 aromatic rings. The lowest BCUT2D eigenvalue weighted by molar-refractivity contribution is -0.140. The lowest BCUT2D eigenvalue weighted by Crippen LogP contribution is -2.39. The molecule has 43 heavy (non-hydrogen) atoms. The maximum Gasteiger partial charge on any atom is 0.323 e. The molecule has 4 N–H and O–H groups in total. The Morgan fingerprint density at radius 2 is 1.79 bits per heavy atom. The highest BCUT2D eigenvalue weighted by atomic mass is 16.6. The van der Waals surface area contributed by atoms with Gasteiger partial charge >= 0.3 is 5.97 Å². The summed E-state index contributed by atoms with van der Waals surface area (Å²) >= 11 is 0. The van der Waals surface area contributed by atoms with Crippen LogP contribution < -0.4 is 24.8 Å². The number of nitriles is 1. The van der Waals surface area contributed by atoms with Crippen molar-refractivity contribution in [3.63, 3.8) is 0 Å². The molecule has 0 radical (unpaired) electrons. The molecule has 0 aromatic heterocycles. The van der Waals surface area contributed by atoms with E-state index in [9.17, 15) is 20.3 Å². The van der Waals surface area contributed by atoms with Gasteiger partial charge in [-0.15, -0.1) is 0 Å². The molecule has 0 saturated carbocycles. The third-order valence-corrected chi connectivity index (χ3v) is 7.32. The number of aliphatic carboxylic acids is 1. The van der Waals surface area contributed by atoms with Gasteiger partial charge in [0.05, 0.1) is 18.2 Å². The second kappa shape index (κ2) is 13.7. The Hall–Kier alpha value is -5.04. The van der Waals surface area contributed by atoms with Crippen molar-refractivity contribution in [1.82, 2.24) is 5.32 Å². The number of fused-ring (bicyclic) bond motifs is 1.